The molecule has 0 amide bonds. The van der Waals surface area contributed by atoms with Gasteiger partial charge in [0.05, 0.1) is 23.3 Å². The van der Waals surface area contributed by atoms with Gasteiger partial charge < -0.3 is 4.74 Å². The number of rotatable bonds is 4. The number of aryl methyl sites for hydroxylation is 1. The first-order valence-corrected chi connectivity index (χ1v) is 7.78. The molecule has 0 saturated carbocycles. The minimum absolute atomic E-state index is 0.522. The van der Waals surface area contributed by atoms with Crippen LogP contribution in [0.5, 0.6) is 5.75 Å². The van der Waals surface area contributed by atoms with Gasteiger partial charge in [-0.15, -0.1) is 11.6 Å². The highest BCUT2D eigenvalue weighted by Crippen LogP contribution is 2.29. The predicted octanol–water partition coefficient (Wildman–Crippen LogP) is 3.97. The van der Waals surface area contributed by atoms with Crippen molar-refractivity contribution in [2.24, 2.45) is 0 Å². The quantitative estimate of drug-likeness (QED) is 0.656. The topological polar surface area (TPSA) is 39.9 Å². The number of methoxy groups -OCH3 is 1. The van der Waals surface area contributed by atoms with Crippen LogP contribution in [-0.4, -0.2) is 27.5 Å². The van der Waals surface area contributed by atoms with Gasteiger partial charge in [0.25, 0.3) is 0 Å². The van der Waals surface area contributed by atoms with Crippen molar-refractivity contribution >= 4 is 38.6 Å². The molecule has 0 spiro atoms. The first-order valence-electron chi connectivity index (χ1n) is 6.46. The molecule has 4 nitrogen and oxygen atoms in total. The van der Waals surface area contributed by atoms with Gasteiger partial charge in [-0.2, -0.15) is 0 Å². The average molecular weight is 367 g/mol. The smallest absolute Gasteiger partial charge is 0.133 e. The first kappa shape index (κ1) is 14.4. The van der Waals surface area contributed by atoms with Crippen molar-refractivity contribution in [3.63, 3.8) is 0 Å². The summed E-state index contributed by atoms with van der Waals surface area (Å²) in [6.45, 7) is 0. The van der Waals surface area contributed by atoms with Gasteiger partial charge in [-0.25, -0.2) is 4.98 Å². The summed E-state index contributed by atoms with van der Waals surface area (Å²) in [5.41, 5.74) is 2.89. The van der Waals surface area contributed by atoms with Gasteiger partial charge in [0.15, 0.2) is 0 Å². The number of fused-ring (bicyclic) bond motifs is 1. The van der Waals surface area contributed by atoms with E-state index in [0.717, 1.165) is 32.8 Å². The molecule has 108 valence electrons. The zero-order chi connectivity index (χ0) is 14.8. The summed E-state index contributed by atoms with van der Waals surface area (Å²) < 4.78 is 8.28. The maximum Gasteiger partial charge on any atom is 0.133 e. The molecular formula is C15H13BrClN3O. The maximum absolute atomic E-state index is 5.90. The van der Waals surface area contributed by atoms with Crippen molar-refractivity contribution in [1.82, 2.24) is 14.5 Å². The summed E-state index contributed by atoms with van der Waals surface area (Å²) in [5.74, 6) is 2.24. The van der Waals surface area contributed by atoms with Crippen LogP contribution < -0.4 is 4.74 Å². The van der Waals surface area contributed by atoms with Crippen LogP contribution in [0.25, 0.3) is 16.7 Å². The Balaban J connectivity index is 2.22. The normalized spacial score (nSPS) is 11.0. The Morgan fingerprint density at radius 3 is 2.90 bits per heavy atom. The van der Waals surface area contributed by atoms with E-state index in [-0.39, 0.29) is 0 Å². The van der Waals surface area contributed by atoms with E-state index in [1.54, 1.807) is 19.5 Å². The van der Waals surface area contributed by atoms with Crippen LogP contribution in [-0.2, 0) is 6.42 Å². The second-order valence-corrected chi connectivity index (χ2v) is 5.72. The molecule has 0 fully saturated rings. The lowest BCUT2D eigenvalue weighted by Crippen LogP contribution is -2.02. The summed E-state index contributed by atoms with van der Waals surface area (Å²) in [7, 11) is 1.65. The molecule has 6 heteroatoms. The molecule has 0 saturated heterocycles. The lowest BCUT2D eigenvalue weighted by atomic mass is 10.2. The molecule has 0 N–H and O–H groups in total. The highest BCUT2D eigenvalue weighted by Gasteiger charge is 2.13. The molecular weight excluding hydrogens is 354 g/mol. The summed E-state index contributed by atoms with van der Waals surface area (Å²) in [6, 6.07) is 7.90. The zero-order valence-electron chi connectivity index (χ0n) is 11.4. The van der Waals surface area contributed by atoms with Crippen LogP contribution in [0.2, 0.25) is 0 Å². The highest BCUT2D eigenvalue weighted by molar-refractivity contribution is 9.10. The standard InChI is InChI=1S/C15H13BrClN3O/c1-21-14-3-2-10(8-11(14)16)20-13-5-7-18-9-12(13)19-15(20)4-6-17/h2-3,5,7-9H,4,6H2,1H3. The van der Waals surface area contributed by atoms with Crippen molar-refractivity contribution in [3.05, 3.63) is 47.0 Å². The van der Waals surface area contributed by atoms with Gasteiger partial charge in [0, 0.05) is 24.2 Å². The Morgan fingerprint density at radius 1 is 1.33 bits per heavy atom. The molecule has 3 rings (SSSR count). The minimum Gasteiger partial charge on any atom is -0.496 e. The van der Waals surface area contributed by atoms with Gasteiger partial charge in [0.2, 0.25) is 0 Å². The number of halogens is 2. The second kappa shape index (κ2) is 6.03. The SMILES string of the molecule is COc1ccc(-n2c(CCCl)nc3cnccc32)cc1Br. The summed E-state index contributed by atoms with van der Waals surface area (Å²) >= 11 is 9.43. The average Bonchev–Trinajstić information content (AvgIpc) is 2.85. The van der Waals surface area contributed by atoms with Gasteiger partial charge >= 0.3 is 0 Å². The molecule has 0 aliphatic heterocycles. The van der Waals surface area contributed by atoms with E-state index in [4.69, 9.17) is 16.3 Å². The van der Waals surface area contributed by atoms with Crippen molar-refractivity contribution in [3.8, 4) is 11.4 Å². The van der Waals surface area contributed by atoms with Crippen molar-refractivity contribution in [1.29, 1.82) is 0 Å². The molecule has 2 aromatic heterocycles. The van der Waals surface area contributed by atoms with Gasteiger partial charge in [-0.05, 0) is 40.2 Å². The van der Waals surface area contributed by atoms with Gasteiger partial charge in [-0.3, -0.25) is 9.55 Å². The third-order valence-corrected chi connectivity index (χ3v) is 4.05. The number of ether oxygens (including phenoxy) is 1. The number of imidazole rings is 1. The maximum atomic E-state index is 5.90. The summed E-state index contributed by atoms with van der Waals surface area (Å²) in [4.78, 5) is 8.75. The molecule has 2 heterocycles. The Labute approximate surface area is 135 Å². The van der Waals surface area contributed by atoms with E-state index in [2.05, 4.69) is 30.5 Å². The lowest BCUT2D eigenvalue weighted by Gasteiger charge is -2.11. The molecule has 0 atom stereocenters. The van der Waals surface area contributed by atoms with Crippen molar-refractivity contribution in [2.45, 2.75) is 6.42 Å². The van der Waals surface area contributed by atoms with Crippen molar-refractivity contribution in [2.75, 3.05) is 13.0 Å². The fourth-order valence-electron chi connectivity index (χ4n) is 2.32. The molecule has 3 aromatic rings. The van der Waals surface area contributed by atoms with Crippen LogP contribution >= 0.6 is 27.5 Å². The molecule has 21 heavy (non-hydrogen) atoms. The predicted molar refractivity (Wildman–Crippen MR) is 87.5 cm³/mol. The van der Waals surface area contributed by atoms with E-state index in [1.165, 1.54) is 0 Å². The number of alkyl halides is 1. The number of pyridine rings is 1. The summed E-state index contributed by atoms with van der Waals surface area (Å²) in [6.07, 6.45) is 4.23. The van der Waals surface area contributed by atoms with Crippen LogP contribution in [0.3, 0.4) is 0 Å². The number of aromatic nitrogens is 3. The molecule has 0 aliphatic rings. The molecule has 0 aliphatic carbocycles. The van der Waals surface area contributed by atoms with Crippen LogP contribution in [0.4, 0.5) is 0 Å². The number of benzene rings is 1. The fourth-order valence-corrected chi connectivity index (χ4v) is 3.01. The van der Waals surface area contributed by atoms with E-state index in [0.29, 0.717) is 12.3 Å². The molecule has 0 bridgehead atoms. The highest BCUT2D eigenvalue weighted by atomic mass is 79.9. The Morgan fingerprint density at radius 2 is 2.19 bits per heavy atom. The third-order valence-electron chi connectivity index (χ3n) is 3.24. The van der Waals surface area contributed by atoms with E-state index in [1.807, 2.05) is 24.3 Å². The fraction of sp³-hybridized carbons (Fsp3) is 0.200. The minimum atomic E-state index is 0.522. The van der Waals surface area contributed by atoms with E-state index in [9.17, 15) is 0 Å². The van der Waals surface area contributed by atoms with E-state index < -0.39 is 0 Å². The molecule has 0 radical (unpaired) electrons. The first-order chi connectivity index (χ1) is 10.2. The Hall–Kier alpha value is -1.59. The van der Waals surface area contributed by atoms with Crippen molar-refractivity contribution < 1.29 is 4.74 Å². The monoisotopic (exact) mass is 365 g/mol. The Bertz CT molecular complexity index is 788. The lowest BCUT2D eigenvalue weighted by molar-refractivity contribution is 0.412. The van der Waals surface area contributed by atoms with Gasteiger partial charge in [-0.1, -0.05) is 0 Å². The number of hydrogen-bond acceptors (Lipinski definition) is 3. The summed E-state index contributed by atoms with van der Waals surface area (Å²) in [5, 5.41) is 0. The molecule has 0 unspecified atom stereocenters. The van der Waals surface area contributed by atoms with E-state index >= 15 is 0 Å². The van der Waals surface area contributed by atoms with Crippen LogP contribution in [0.1, 0.15) is 5.82 Å². The second-order valence-electron chi connectivity index (χ2n) is 4.49. The Kier molecular flexibility index (Phi) is 4.12. The van der Waals surface area contributed by atoms with Crippen LogP contribution in [0.15, 0.2) is 41.1 Å². The zero-order valence-corrected chi connectivity index (χ0v) is 13.7. The number of hydrogen-bond donors (Lipinski definition) is 0. The number of nitrogens with zero attached hydrogens (tertiary/aromatic N) is 3. The largest absolute Gasteiger partial charge is 0.496 e. The third kappa shape index (κ3) is 2.63. The van der Waals surface area contributed by atoms with Gasteiger partial charge in [0.1, 0.15) is 17.1 Å². The van der Waals surface area contributed by atoms with Crippen LogP contribution in [0, 0.1) is 0 Å². The molecule has 1 aromatic carbocycles.